The molecular formula is C28H29N3O4S2. The highest BCUT2D eigenvalue weighted by Crippen LogP contribution is 2.32. The largest absolute Gasteiger partial charge is 0.380 e. The molecule has 1 amide bonds. The third kappa shape index (κ3) is 4.86. The van der Waals surface area contributed by atoms with Crippen molar-refractivity contribution in [3.8, 4) is 0 Å². The van der Waals surface area contributed by atoms with Gasteiger partial charge in [0.1, 0.15) is 0 Å². The molecule has 0 aliphatic carbocycles. The summed E-state index contributed by atoms with van der Waals surface area (Å²) >= 11 is 1.48. The van der Waals surface area contributed by atoms with E-state index in [0.717, 1.165) is 26.9 Å². The van der Waals surface area contributed by atoms with Crippen molar-refractivity contribution in [3.05, 3.63) is 87.7 Å². The van der Waals surface area contributed by atoms with Crippen LogP contribution >= 0.6 is 11.3 Å². The summed E-state index contributed by atoms with van der Waals surface area (Å²) in [4.78, 5) is 18.3. The Bertz CT molecular complexity index is 1650. The molecule has 0 saturated heterocycles. The molecule has 1 aliphatic rings. The van der Waals surface area contributed by atoms with Gasteiger partial charge in [-0.25, -0.2) is 8.42 Å². The van der Waals surface area contributed by atoms with E-state index in [4.69, 9.17) is 4.74 Å². The Morgan fingerprint density at radius 1 is 1.08 bits per heavy atom. The average molecular weight is 536 g/mol. The van der Waals surface area contributed by atoms with Crippen LogP contribution in [-0.2, 0) is 27.7 Å². The third-order valence-corrected chi connectivity index (χ3v) is 9.57. The molecule has 0 fully saturated rings. The molecule has 0 unspecified atom stereocenters. The van der Waals surface area contributed by atoms with Crippen LogP contribution in [0, 0.1) is 13.8 Å². The van der Waals surface area contributed by atoms with E-state index in [9.17, 15) is 13.2 Å². The first-order valence-electron chi connectivity index (χ1n) is 12.3. The molecule has 0 saturated carbocycles. The van der Waals surface area contributed by atoms with E-state index in [1.54, 1.807) is 0 Å². The van der Waals surface area contributed by atoms with E-state index in [2.05, 4.69) is 31.0 Å². The quantitative estimate of drug-likeness (QED) is 0.317. The zero-order valence-electron chi connectivity index (χ0n) is 21.1. The first kappa shape index (κ1) is 25.4. The molecule has 0 atom stereocenters. The Hall–Kier alpha value is -3.27. The van der Waals surface area contributed by atoms with Crippen molar-refractivity contribution < 1.29 is 17.9 Å². The van der Waals surface area contributed by atoms with Crippen LogP contribution in [0.3, 0.4) is 0 Å². The molecule has 192 valence electrons. The highest BCUT2D eigenvalue weighted by Gasteiger charge is 2.30. The number of carbonyl (C=O) groups excluding carboxylic acids is 1. The molecular weight excluding hydrogens is 506 g/mol. The SMILES string of the molecule is CCOCCn1c(=NC(=O)c2ccc(S(=O)(=O)N3CCc4ccccc43)cc2)sc2c(C)cc(C)cc21. The molecule has 0 spiro atoms. The van der Waals surface area contributed by atoms with Crippen molar-refractivity contribution in [2.24, 2.45) is 4.99 Å². The van der Waals surface area contributed by atoms with Gasteiger partial charge >= 0.3 is 0 Å². The molecule has 0 radical (unpaired) electrons. The summed E-state index contributed by atoms with van der Waals surface area (Å²) in [6.07, 6.45) is 0.683. The van der Waals surface area contributed by atoms with Crippen LogP contribution in [0.25, 0.3) is 10.2 Å². The van der Waals surface area contributed by atoms with Crippen LogP contribution in [0.4, 0.5) is 5.69 Å². The lowest BCUT2D eigenvalue weighted by atomic mass is 10.1. The number of hydrogen-bond acceptors (Lipinski definition) is 5. The zero-order valence-corrected chi connectivity index (χ0v) is 22.7. The lowest BCUT2D eigenvalue weighted by Gasteiger charge is -2.19. The number of amides is 1. The van der Waals surface area contributed by atoms with Crippen LogP contribution in [0.1, 0.15) is 34.0 Å². The molecule has 37 heavy (non-hydrogen) atoms. The number of aryl methyl sites for hydroxylation is 2. The van der Waals surface area contributed by atoms with Crippen LogP contribution in [-0.4, -0.2) is 38.7 Å². The minimum Gasteiger partial charge on any atom is -0.380 e. The van der Waals surface area contributed by atoms with E-state index in [-0.39, 0.29) is 4.90 Å². The summed E-state index contributed by atoms with van der Waals surface area (Å²) in [5.41, 5.74) is 5.37. The molecule has 0 N–H and O–H groups in total. The lowest BCUT2D eigenvalue weighted by Crippen LogP contribution is -2.29. The number of hydrogen-bond donors (Lipinski definition) is 0. The number of thiazole rings is 1. The van der Waals surface area contributed by atoms with Gasteiger partial charge in [0.15, 0.2) is 4.80 Å². The van der Waals surface area contributed by atoms with Gasteiger partial charge in [-0.15, -0.1) is 0 Å². The number of fused-ring (bicyclic) bond motifs is 2. The van der Waals surface area contributed by atoms with Crippen molar-refractivity contribution in [2.75, 3.05) is 24.1 Å². The predicted molar refractivity (Wildman–Crippen MR) is 147 cm³/mol. The van der Waals surface area contributed by atoms with Crippen molar-refractivity contribution >= 4 is 43.2 Å². The fraction of sp³-hybridized carbons (Fsp3) is 0.286. The van der Waals surface area contributed by atoms with E-state index in [1.807, 2.05) is 35.8 Å². The van der Waals surface area contributed by atoms with Gasteiger partial charge in [0.05, 0.1) is 27.4 Å². The maximum absolute atomic E-state index is 13.3. The van der Waals surface area contributed by atoms with Crippen molar-refractivity contribution in [3.63, 3.8) is 0 Å². The topological polar surface area (TPSA) is 81.0 Å². The molecule has 3 aromatic carbocycles. The number of nitrogens with zero attached hydrogens (tertiary/aromatic N) is 3. The maximum Gasteiger partial charge on any atom is 0.279 e. The number of ether oxygens (including phenoxy) is 1. The van der Waals surface area contributed by atoms with Crippen LogP contribution in [0.5, 0.6) is 0 Å². The predicted octanol–water partition coefficient (Wildman–Crippen LogP) is 4.85. The van der Waals surface area contributed by atoms with Gasteiger partial charge in [0.25, 0.3) is 15.9 Å². The second-order valence-corrected chi connectivity index (χ2v) is 11.9. The number of benzene rings is 3. The second kappa shape index (κ2) is 10.2. The Kier molecular flexibility index (Phi) is 7.02. The number of para-hydroxylation sites is 1. The Labute approximate surface area is 220 Å². The fourth-order valence-electron chi connectivity index (χ4n) is 4.72. The Morgan fingerprint density at radius 2 is 1.84 bits per heavy atom. The van der Waals surface area contributed by atoms with E-state index in [1.165, 1.54) is 39.9 Å². The molecule has 2 heterocycles. The van der Waals surface area contributed by atoms with Gasteiger partial charge in [0.2, 0.25) is 0 Å². The van der Waals surface area contributed by atoms with Crippen molar-refractivity contribution in [2.45, 2.75) is 38.6 Å². The van der Waals surface area contributed by atoms with Crippen LogP contribution < -0.4 is 9.11 Å². The minimum atomic E-state index is -3.72. The van der Waals surface area contributed by atoms with Gasteiger partial charge in [-0.2, -0.15) is 4.99 Å². The van der Waals surface area contributed by atoms with Gasteiger partial charge in [-0.1, -0.05) is 35.6 Å². The normalized spacial score (nSPS) is 13.9. The Balaban J connectivity index is 1.46. The molecule has 1 aliphatic heterocycles. The number of anilines is 1. The smallest absolute Gasteiger partial charge is 0.279 e. The number of aromatic nitrogens is 1. The standard InChI is InChI=1S/C28H29N3O4S2/c1-4-35-16-15-30-25-18-19(2)17-20(3)26(25)36-28(30)29-27(32)22-9-11-23(12-10-22)37(33,34)31-14-13-21-7-5-6-8-24(21)31/h5-12,17-18H,4,13-16H2,1-3H3. The third-order valence-electron chi connectivity index (χ3n) is 6.51. The number of rotatable bonds is 7. The zero-order chi connectivity index (χ0) is 26.2. The van der Waals surface area contributed by atoms with Crippen molar-refractivity contribution in [1.29, 1.82) is 0 Å². The summed E-state index contributed by atoms with van der Waals surface area (Å²) in [6, 6.07) is 17.8. The van der Waals surface area contributed by atoms with Gasteiger partial charge in [-0.05, 0) is 80.3 Å². The molecule has 9 heteroatoms. The first-order chi connectivity index (χ1) is 17.8. The monoisotopic (exact) mass is 535 g/mol. The van der Waals surface area contributed by atoms with Crippen LogP contribution in [0.2, 0.25) is 0 Å². The minimum absolute atomic E-state index is 0.153. The Morgan fingerprint density at radius 3 is 2.59 bits per heavy atom. The summed E-state index contributed by atoms with van der Waals surface area (Å²) in [7, 11) is -3.72. The summed E-state index contributed by atoms with van der Waals surface area (Å²) in [6.45, 7) is 8.18. The van der Waals surface area contributed by atoms with E-state index < -0.39 is 15.9 Å². The lowest BCUT2D eigenvalue weighted by molar-refractivity contribution is 0.0996. The van der Waals surface area contributed by atoms with Gasteiger partial charge < -0.3 is 9.30 Å². The van der Waals surface area contributed by atoms with E-state index >= 15 is 0 Å². The summed E-state index contributed by atoms with van der Waals surface area (Å²) in [5.74, 6) is -0.415. The molecule has 0 bridgehead atoms. The molecule has 7 nitrogen and oxygen atoms in total. The highest BCUT2D eigenvalue weighted by atomic mass is 32.2. The van der Waals surface area contributed by atoms with Gasteiger partial charge in [0, 0.05) is 25.3 Å². The highest BCUT2D eigenvalue weighted by molar-refractivity contribution is 7.92. The maximum atomic E-state index is 13.3. The molecule has 1 aromatic heterocycles. The number of carbonyl (C=O) groups is 1. The number of sulfonamides is 1. The molecule has 4 aromatic rings. The average Bonchev–Trinajstić information content (AvgIpc) is 3.47. The van der Waals surface area contributed by atoms with Crippen molar-refractivity contribution in [1.82, 2.24) is 4.57 Å². The van der Waals surface area contributed by atoms with E-state index in [0.29, 0.717) is 48.8 Å². The first-order valence-corrected chi connectivity index (χ1v) is 14.5. The summed E-state index contributed by atoms with van der Waals surface area (Å²) in [5, 5.41) is 0. The summed E-state index contributed by atoms with van der Waals surface area (Å²) < 4.78 is 36.7. The van der Waals surface area contributed by atoms with Crippen LogP contribution in [0.15, 0.2) is 70.6 Å². The second-order valence-electron chi connectivity index (χ2n) is 9.06. The fourth-order valence-corrected chi connectivity index (χ4v) is 7.33. The van der Waals surface area contributed by atoms with Gasteiger partial charge in [-0.3, -0.25) is 9.10 Å². The molecule has 5 rings (SSSR count).